The molecule has 0 spiro atoms. The minimum Gasteiger partial charge on any atom is -0.497 e. The molecule has 2 rings (SSSR count). The van der Waals surface area contributed by atoms with Crippen molar-refractivity contribution in [2.45, 2.75) is 12.5 Å². The zero-order valence-corrected chi connectivity index (χ0v) is 10.3. The first-order valence-electron chi connectivity index (χ1n) is 5.83. The van der Waals surface area contributed by atoms with Crippen LogP contribution < -0.4 is 4.74 Å². The van der Waals surface area contributed by atoms with E-state index in [4.69, 9.17) is 4.74 Å². The van der Waals surface area contributed by atoms with Gasteiger partial charge in [-0.3, -0.25) is 4.79 Å². The highest BCUT2D eigenvalue weighted by Gasteiger charge is 2.27. The van der Waals surface area contributed by atoms with Crippen molar-refractivity contribution in [3.8, 4) is 5.75 Å². The molecule has 0 aliphatic heterocycles. The summed E-state index contributed by atoms with van der Waals surface area (Å²) >= 11 is 0. The number of allylic oxidation sites excluding steroid dienone is 2. The third-order valence-electron chi connectivity index (χ3n) is 3.20. The van der Waals surface area contributed by atoms with Crippen molar-refractivity contribution in [2.24, 2.45) is 5.92 Å². The fourth-order valence-electron chi connectivity index (χ4n) is 2.11. The number of methoxy groups -OCH3 is 1. The molecule has 0 saturated carbocycles. The fraction of sp³-hybridized carbons (Fsp3) is 0.267. The van der Waals surface area contributed by atoms with Crippen LogP contribution in [0.1, 0.15) is 18.1 Å². The zero-order chi connectivity index (χ0) is 13.1. The average molecular weight is 244 g/mol. The van der Waals surface area contributed by atoms with Gasteiger partial charge in [0.1, 0.15) is 5.75 Å². The molecule has 3 heteroatoms. The van der Waals surface area contributed by atoms with E-state index in [0.717, 1.165) is 11.1 Å². The number of benzene rings is 1. The number of ketones is 1. The molecule has 0 radical (unpaired) electrons. The molecule has 1 aromatic carbocycles. The highest BCUT2D eigenvalue weighted by atomic mass is 16.5. The molecule has 0 unspecified atom stereocenters. The molecular formula is C15H16O3. The lowest BCUT2D eigenvalue weighted by molar-refractivity contribution is -0.116. The van der Waals surface area contributed by atoms with Gasteiger partial charge in [0.25, 0.3) is 0 Å². The summed E-state index contributed by atoms with van der Waals surface area (Å²) in [7, 11) is 1.58. The summed E-state index contributed by atoms with van der Waals surface area (Å²) in [6.45, 7) is 3.89. The largest absolute Gasteiger partial charge is 0.497 e. The zero-order valence-electron chi connectivity index (χ0n) is 10.3. The third-order valence-corrected chi connectivity index (χ3v) is 3.20. The number of aliphatic hydroxyl groups excluding tert-OH is 1. The maximum atomic E-state index is 11.4. The van der Waals surface area contributed by atoms with Gasteiger partial charge < -0.3 is 9.84 Å². The fourth-order valence-corrected chi connectivity index (χ4v) is 2.11. The summed E-state index contributed by atoms with van der Waals surface area (Å²) in [6.07, 6.45) is 2.76. The summed E-state index contributed by atoms with van der Waals surface area (Å²) in [6, 6.07) is 7.24. The monoisotopic (exact) mass is 244 g/mol. The highest BCUT2D eigenvalue weighted by molar-refractivity contribution is 5.92. The van der Waals surface area contributed by atoms with E-state index >= 15 is 0 Å². The Labute approximate surface area is 106 Å². The van der Waals surface area contributed by atoms with E-state index in [9.17, 15) is 9.90 Å². The first-order chi connectivity index (χ1) is 8.61. The molecule has 0 fully saturated rings. The Balaban J connectivity index is 2.25. The number of rotatable bonds is 3. The van der Waals surface area contributed by atoms with E-state index in [1.54, 1.807) is 19.3 Å². The number of hydrogen-bond donors (Lipinski definition) is 1. The van der Waals surface area contributed by atoms with Gasteiger partial charge in [-0.25, -0.2) is 0 Å². The molecule has 1 aromatic rings. The van der Waals surface area contributed by atoms with Crippen molar-refractivity contribution < 1.29 is 14.6 Å². The SMILES string of the molecule is C=C1C=CC(=O)C[C@@H]1[C@H](O)c1cccc(OC)c1. The Morgan fingerprint density at radius 3 is 2.94 bits per heavy atom. The second-order valence-corrected chi connectivity index (χ2v) is 4.41. The number of aliphatic hydroxyl groups is 1. The number of hydrogen-bond acceptors (Lipinski definition) is 3. The Hall–Kier alpha value is -1.87. The van der Waals surface area contributed by atoms with Crippen molar-refractivity contribution in [3.05, 3.63) is 54.1 Å². The topological polar surface area (TPSA) is 46.5 Å². The van der Waals surface area contributed by atoms with E-state index in [0.29, 0.717) is 12.2 Å². The van der Waals surface area contributed by atoms with Crippen LogP contribution in [-0.2, 0) is 4.79 Å². The van der Waals surface area contributed by atoms with Crippen LogP contribution in [0.5, 0.6) is 5.75 Å². The molecule has 0 saturated heterocycles. The standard InChI is InChI=1S/C15H16O3/c1-10-6-7-12(16)9-14(10)15(17)11-4-3-5-13(8-11)18-2/h3-8,14-15,17H,1,9H2,2H3/t14-,15+/m0/s1. The Bertz CT molecular complexity index is 502. The predicted molar refractivity (Wildman–Crippen MR) is 69.3 cm³/mol. The van der Waals surface area contributed by atoms with Crippen LogP contribution in [0.15, 0.2) is 48.6 Å². The number of carbonyl (C=O) groups is 1. The normalized spacial score (nSPS) is 20.9. The molecule has 0 amide bonds. The molecule has 1 aliphatic rings. The highest BCUT2D eigenvalue weighted by Crippen LogP contribution is 2.34. The van der Waals surface area contributed by atoms with Gasteiger partial charge in [0.05, 0.1) is 13.2 Å². The van der Waals surface area contributed by atoms with E-state index in [-0.39, 0.29) is 11.7 Å². The summed E-state index contributed by atoms with van der Waals surface area (Å²) in [5, 5.41) is 10.4. The van der Waals surface area contributed by atoms with Crippen LogP contribution in [0, 0.1) is 5.92 Å². The molecule has 0 bridgehead atoms. The Morgan fingerprint density at radius 1 is 1.44 bits per heavy atom. The van der Waals surface area contributed by atoms with E-state index < -0.39 is 6.10 Å². The van der Waals surface area contributed by atoms with Crippen molar-refractivity contribution >= 4 is 5.78 Å². The van der Waals surface area contributed by atoms with Gasteiger partial charge in [0.15, 0.2) is 5.78 Å². The average Bonchev–Trinajstić information content (AvgIpc) is 2.41. The molecule has 3 nitrogen and oxygen atoms in total. The predicted octanol–water partition coefficient (Wildman–Crippen LogP) is 2.43. The summed E-state index contributed by atoms with van der Waals surface area (Å²) in [5.41, 5.74) is 1.52. The van der Waals surface area contributed by atoms with Crippen LogP contribution in [0.25, 0.3) is 0 Å². The number of ether oxygens (including phenoxy) is 1. The quantitative estimate of drug-likeness (QED) is 0.888. The van der Waals surface area contributed by atoms with Crippen molar-refractivity contribution in [1.29, 1.82) is 0 Å². The molecular weight excluding hydrogens is 228 g/mol. The van der Waals surface area contributed by atoms with E-state index in [1.165, 1.54) is 6.08 Å². The Kier molecular flexibility index (Phi) is 3.63. The van der Waals surface area contributed by atoms with Crippen LogP contribution in [-0.4, -0.2) is 18.0 Å². The third kappa shape index (κ3) is 2.51. The van der Waals surface area contributed by atoms with Crippen LogP contribution >= 0.6 is 0 Å². The maximum Gasteiger partial charge on any atom is 0.156 e. The first kappa shape index (κ1) is 12.6. The first-order valence-corrected chi connectivity index (χ1v) is 5.83. The summed E-state index contributed by atoms with van der Waals surface area (Å²) in [4.78, 5) is 11.4. The van der Waals surface area contributed by atoms with Gasteiger partial charge in [-0.05, 0) is 29.3 Å². The smallest absolute Gasteiger partial charge is 0.156 e. The molecule has 0 aromatic heterocycles. The molecule has 94 valence electrons. The summed E-state index contributed by atoms with van der Waals surface area (Å²) < 4.78 is 5.13. The van der Waals surface area contributed by atoms with Crippen molar-refractivity contribution in [3.63, 3.8) is 0 Å². The Morgan fingerprint density at radius 2 is 2.22 bits per heavy atom. The summed E-state index contributed by atoms with van der Waals surface area (Å²) in [5.74, 6) is 0.457. The second-order valence-electron chi connectivity index (χ2n) is 4.41. The van der Waals surface area contributed by atoms with Gasteiger partial charge in [-0.2, -0.15) is 0 Å². The van der Waals surface area contributed by atoms with Crippen LogP contribution in [0.4, 0.5) is 0 Å². The second kappa shape index (κ2) is 5.19. The van der Waals surface area contributed by atoms with Gasteiger partial charge in [-0.15, -0.1) is 0 Å². The minimum atomic E-state index is -0.735. The van der Waals surface area contributed by atoms with Crippen molar-refractivity contribution in [1.82, 2.24) is 0 Å². The van der Waals surface area contributed by atoms with Crippen LogP contribution in [0.3, 0.4) is 0 Å². The molecule has 18 heavy (non-hydrogen) atoms. The van der Waals surface area contributed by atoms with Gasteiger partial charge in [0.2, 0.25) is 0 Å². The lowest BCUT2D eigenvalue weighted by Gasteiger charge is -2.25. The molecule has 1 N–H and O–H groups in total. The van der Waals surface area contributed by atoms with Gasteiger partial charge >= 0.3 is 0 Å². The molecule has 0 heterocycles. The molecule has 1 aliphatic carbocycles. The van der Waals surface area contributed by atoms with E-state index in [2.05, 4.69) is 6.58 Å². The van der Waals surface area contributed by atoms with Gasteiger partial charge in [0, 0.05) is 12.3 Å². The minimum absolute atomic E-state index is 0.0225. The van der Waals surface area contributed by atoms with E-state index in [1.807, 2.05) is 18.2 Å². The lowest BCUT2D eigenvalue weighted by Crippen LogP contribution is -2.20. The van der Waals surface area contributed by atoms with Crippen molar-refractivity contribution in [2.75, 3.05) is 7.11 Å². The lowest BCUT2D eigenvalue weighted by atomic mass is 9.82. The molecule has 2 atom stereocenters. The number of carbonyl (C=O) groups excluding carboxylic acids is 1. The maximum absolute atomic E-state index is 11.4. The van der Waals surface area contributed by atoms with Gasteiger partial charge in [-0.1, -0.05) is 24.8 Å². The van der Waals surface area contributed by atoms with Crippen LogP contribution in [0.2, 0.25) is 0 Å².